The van der Waals surface area contributed by atoms with E-state index in [9.17, 15) is 14.7 Å². The molecule has 4 rings (SSSR count). The molecular formula is C19H19ClN6O4S. The highest BCUT2D eigenvalue weighted by atomic mass is 35.5. The average molecular weight is 463 g/mol. The number of hydrogen-bond acceptors (Lipinski definition) is 8. The Balaban J connectivity index is 1.75. The van der Waals surface area contributed by atoms with Crippen LogP contribution in [0.2, 0.25) is 5.28 Å². The molecule has 0 radical (unpaired) electrons. The van der Waals surface area contributed by atoms with Gasteiger partial charge in [0.2, 0.25) is 5.28 Å². The van der Waals surface area contributed by atoms with Crippen LogP contribution in [0.3, 0.4) is 0 Å². The molecule has 3 heterocycles. The van der Waals surface area contributed by atoms with Gasteiger partial charge in [-0.05, 0) is 43.1 Å². The summed E-state index contributed by atoms with van der Waals surface area (Å²) >= 11 is 7.31. The molecule has 0 bridgehead atoms. The van der Waals surface area contributed by atoms with Gasteiger partial charge < -0.3 is 25.7 Å². The number of nitrogens with one attached hydrogen (secondary N) is 2. The molecule has 4 N–H and O–H groups in total. The van der Waals surface area contributed by atoms with Gasteiger partial charge in [0.1, 0.15) is 11.2 Å². The number of nitrogens with zero attached hydrogens (tertiary/aromatic N) is 4. The molecule has 1 saturated heterocycles. The normalized spacial score (nSPS) is 18.4. The standard InChI is InChI=1S/C19H19ClN6O4S/c1-9-22-15-14(31-9)3-2-12(24-17(28)13-4-5-21-18(20)25-13)16(15)26-7-10(23-19(29)30)6-11(26)8-27/h2-5,10-11,23,27H,6-8H2,1H3,(H,24,28)(H,29,30)/t10-,11+/m1/s1. The van der Waals surface area contributed by atoms with Gasteiger partial charge in [-0.1, -0.05) is 0 Å². The number of hydrogen-bond donors (Lipinski definition) is 4. The molecule has 162 valence electrons. The number of aliphatic hydroxyl groups excluding tert-OH is 1. The zero-order valence-electron chi connectivity index (χ0n) is 16.4. The lowest BCUT2D eigenvalue weighted by molar-refractivity contribution is 0.102. The second-order valence-electron chi connectivity index (χ2n) is 7.08. The predicted molar refractivity (Wildman–Crippen MR) is 117 cm³/mol. The first-order valence-corrected chi connectivity index (χ1v) is 10.6. The summed E-state index contributed by atoms with van der Waals surface area (Å²) in [7, 11) is 0. The Kier molecular flexibility index (Phi) is 5.90. The van der Waals surface area contributed by atoms with Gasteiger partial charge in [-0.25, -0.2) is 19.7 Å². The van der Waals surface area contributed by atoms with Crippen LogP contribution >= 0.6 is 22.9 Å². The molecule has 1 aromatic carbocycles. The summed E-state index contributed by atoms with van der Waals surface area (Å²) in [5, 5.41) is 25.2. The van der Waals surface area contributed by atoms with Gasteiger partial charge >= 0.3 is 6.09 Å². The third kappa shape index (κ3) is 4.38. The first-order chi connectivity index (χ1) is 14.9. The monoisotopic (exact) mass is 462 g/mol. The number of benzene rings is 1. The number of aliphatic hydroxyl groups is 1. The largest absolute Gasteiger partial charge is 0.465 e. The average Bonchev–Trinajstić information content (AvgIpc) is 3.29. The summed E-state index contributed by atoms with van der Waals surface area (Å²) in [5.41, 5.74) is 1.89. The second kappa shape index (κ2) is 8.61. The molecule has 1 aliphatic heterocycles. The number of aryl methyl sites for hydroxylation is 1. The molecule has 2 aromatic heterocycles. The van der Waals surface area contributed by atoms with Crippen LogP contribution in [0.25, 0.3) is 10.2 Å². The van der Waals surface area contributed by atoms with Crippen molar-refractivity contribution in [2.24, 2.45) is 0 Å². The molecule has 1 aliphatic rings. The number of anilines is 2. The van der Waals surface area contributed by atoms with Crippen molar-refractivity contribution in [1.82, 2.24) is 20.3 Å². The summed E-state index contributed by atoms with van der Waals surface area (Å²) in [6.45, 7) is 2.04. The van der Waals surface area contributed by atoms with Crippen LogP contribution in [0, 0.1) is 6.92 Å². The van der Waals surface area contributed by atoms with Gasteiger partial charge in [-0.3, -0.25) is 4.79 Å². The molecular weight excluding hydrogens is 444 g/mol. The maximum atomic E-state index is 12.8. The van der Waals surface area contributed by atoms with Crippen molar-refractivity contribution in [1.29, 1.82) is 0 Å². The fraction of sp³-hybridized carbons (Fsp3) is 0.316. The van der Waals surface area contributed by atoms with Gasteiger partial charge in [-0.2, -0.15) is 0 Å². The van der Waals surface area contributed by atoms with Gasteiger partial charge in [-0.15, -0.1) is 11.3 Å². The molecule has 2 amide bonds. The smallest absolute Gasteiger partial charge is 0.404 e. The molecule has 2 atom stereocenters. The molecule has 0 aliphatic carbocycles. The van der Waals surface area contributed by atoms with E-state index in [4.69, 9.17) is 16.7 Å². The van der Waals surface area contributed by atoms with Crippen LogP contribution in [0.15, 0.2) is 24.4 Å². The molecule has 12 heteroatoms. The summed E-state index contributed by atoms with van der Waals surface area (Å²) in [6.07, 6.45) is 0.695. The van der Waals surface area contributed by atoms with Crippen molar-refractivity contribution in [3.8, 4) is 0 Å². The van der Waals surface area contributed by atoms with Crippen LogP contribution in [0.4, 0.5) is 16.2 Å². The quantitative estimate of drug-likeness (QED) is 0.424. The second-order valence-corrected chi connectivity index (χ2v) is 8.65. The van der Waals surface area contributed by atoms with Crippen molar-refractivity contribution in [2.45, 2.75) is 25.4 Å². The minimum Gasteiger partial charge on any atom is -0.465 e. The lowest BCUT2D eigenvalue weighted by atomic mass is 10.1. The molecule has 31 heavy (non-hydrogen) atoms. The molecule has 3 aromatic rings. The van der Waals surface area contributed by atoms with E-state index >= 15 is 0 Å². The Hall–Kier alpha value is -3.02. The number of halogens is 1. The van der Waals surface area contributed by atoms with Gasteiger partial charge in [0.25, 0.3) is 5.91 Å². The third-order valence-electron chi connectivity index (χ3n) is 4.99. The van der Waals surface area contributed by atoms with Crippen molar-refractivity contribution >= 4 is 56.5 Å². The molecule has 0 saturated carbocycles. The number of amides is 2. The van der Waals surface area contributed by atoms with Crippen LogP contribution in [-0.4, -0.2) is 62.4 Å². The Morgan fingerprint density at radius 2 is 2.13 bits per heavy atom. The molecule has 1 fully saturated rings. The highest BCUT2D eigenvalue weighted by Gasteiger charge is 2.35. The van der Waals surface area contributed by atoms with E-state index in [0.29, 0.717) is 29.9 Å². The topological polar surface area (TPSA) is 141 Å². The van der Waals surface area contributed by atoms with E-state index in [1.54, 1.807) is 6.07 Å². The fourth-order valence-corrected chi connectivity index (χ4v) is 4.75. The van der Waals surface area contributed by atoms with E-state index in [1.165, 1.54) is 23.6 Å². The number of rotatable bonds is 5. The molecule has 0 spiro atoms. The zero-order valence-corrected chi connectivity index (χ0v) is 17.9. The maximum absolute atomic E-state index is 12.8. The fourth-order valence-electron chi connectivity index (χ4n) is 3.77. The van der Waals surface area contributed by atoms with E-state index in [-0.39, 0.29) is 29.7 Å². The SMILES string of the molecule is Cc1nc2c(N3C[C@H](NC(=O)O)C[C@H]3CO)c(NC(=O)c3ccnc(Cl)n3)ccc2s1. The number of thiazole rings is 1. The molecule has 0 unspecified atom stereocenters. The minimum atomic E-state index is -1.12. The number of carbonyl (C=O) groups excluding carboxylic acids is 1. The van der Waals surface area contributed by atoms with Gasteiger partial charge in [0.15, 0.2) is 0 Å². The summed E-state index contributed by atoms with van der Waals surface area (Å²) in [5.74, 6) is -0.475. The van der Waals surface area contributed by atoms with Gasteiger partial charge in [0.05, 0.1) is 39.8 Å². The first-order valence-electron chi connectivity index (χ1n) is 9.42. The Bertz CT molecular complexity index is 1160. The lowest BCUT2D eigenvalue weighted by Gasteiger charge is -2.28. The Morgan fingerprint density at radius 3 is 2.84 bits per heavy atom. The Labute approximate surface area is 185 Å². The zero-order chi connectivity index (χ0) is 22.1. The van der Waals surface area contributed by atoms with Crippen molar-refractivity contribution < 1.29 is 19.8 Å². The van der Waals surface area contributed by atoms with Crippen molar-refractivity contribution in [3.63, 3.8) is 0 Å². The first kappa shape index (κ1) is 21.2. The van der Waals surface area contributed by atoms with Crippen LogP contribution in [0.5, 0.6) is 0 Å². The van der Waals surface area contributed by atoms with E-state index in [0.717, 1.165) is 9.71 Å². The van der Waals surface area contributed by atoms with Crippen LogP contribution in [-0.2, 0) is 0 Å². The van der Waals surface area contributed by atoms with E-state index < -0.39 is 12.0 Å². The van der Waals surface area contributed by atoms with Crippen molar-refractivity contribution in [2.75, 3.05) is 23.4 Å². The summed E-state index contributed by atoms with van der Waals surface area (Å²) in [4.78, 5) is 38.2. The highest BCUT2D eigenvalue weighted by molar-refractivity contribution is 7.18. The van der Waals surface area contributed by atoms with Gasteiger partial charge in [0, 0.05) is 12.7 Å². The maximum Gasteiger partial charge on any atom is 0.404 e. The lowest BCUT2D eigenvalue weighted by Crippen LogP contribution is -2.37. The Morgan fingerprint density at radius 1 is 1.32 bits per heavy atom. The van der Waals surface area contributed by atoms with Crippen LogP contribution in [0.1, 0.15) is 21.9 Å². The highest BCUT2D eigenvalue weighted by Crippen LogP contribution is 2.40. The van der Waals surface area contributed by atoms with E-state index in [1.807, 2.05) is 17.9 Å². The van der Waals surface area contributed by atoms with E-state index in [2.05, 4.69) is 25.6 Å². The number of carbonyl (C=O) groups is 2. The number of aromatic nitrogens is 3. The number of fused-ring (bicyclic) bond motifs is 1. The summed E-state index contributed by atoms with van der Waals surface area (Å²) in [6, 6.07) is 4.37. The third-order valence-corrected chi connectivity index (χ3v) is 6.11. The predicted octanol–water partition coefficient (Wildman–Crippen LogP) is 2.51. The number of carboxylic acid groups (broad SMARTS) is 1. The summed E-state index contributed by atoms with van der Waals surface area (Å²) < 4.78 is 0.918. The van der Waals surface area contributed by atoms with Crippen LogP contribution < -0.4 is 15.5 Å². The molecule has 10 nitrogen and oxygen atoms in total. The van der Waals surface area contributed by atoms with Crippen molar-refractivity contribution in [3.05, 3.63) is 40.4 Å². The minimum absolute atomic E-state index is 0.0408.